The van der Waals surface area contributed by atoms with Gasteiger partial charge in [0.05, 0.1) is 23.3 Å². The molecule has 0 heterocycles. The van der Waals surface area contributed by atoms with E-state index in [9.17, 15) is 20.0 Å². The van der Waals surface area contributed by atoms with E-state index in [0.29, 0.717) is 11.4 Å². The van der Waals surface area contributed by atoms with Crippen molar-refractivity contribution in [1.29, 1.82) is 0 Å². The number of rotatable bonds is 6. The number of anilines is 1. The fourth-order valence-electron chi connectivity index (χ4n) is 2.05. The molecule has 1 amide bonds. The van der Waals surface area contributed by atoms with E-state index in [1.54, 1.807) is 31.2 Å². The van der Waals surface area contributed by atoms with Crippen LogP contribution in [0.1, 0.15) is 19.4 Å². The molecule has 1 N–H and O–H groups in total. The van der Waals surface area contributed by atoms with Gasteiger partial charge in [0.1, 0.15) is 5.75 Å². The molecule has 0 bridgehead atoms. The van der Waals surface area contributed by atoms with Crippen LogP contribution in [-0.2, 0) is 4.79 Å². The van der Waals surface area contributed by atoms with E-state index in [4.69, 9.17) is 4.74 Å². The van der Waals surface area contributed by atoms with Gasteiger partial charge < -0.3 is 15.2 Å². The Kier molecular flexibility index (Phi) is 5.67. The lowest BCUT2D eigenvalue weighted by molar-refractivity contribution is -0.385. The van der Waals surface area contributed by atoms with Crippen LogP contribution in [-0.4, -0.2) is 23.7 Å². The van der Waals surface area contributed by atoms with E-state index in [1.165, 1.54) is 13.1 Å². The minimum Gasteiger partial charge on any atom is -0.870 e. The van der Waals surface area contributed by atoms with Crippen LogP contribution in [0.5, 0.6) is 11.5 Å². The van der Waals surface area contributed by atoms with Gasteiger partial charge in [-0.05, 0) is 36.8 Å². The quantitative estimate of drug-likeness (QED) is 0.492. The number of hydrogen-bond donors (Lipinski definition) is 1. The lowest BCUT2D eigenvalue weighted by Crippen LogP contribution is -2.05. The number of hydrogen-bond acceptors (Lipinski definition) is 6. The van der Waals surface area contributed by atoms with Crippen molar-refractivity contribution in [3.8, 4) is 11.5 Å². The van der Waals surface area contributed by atoms with Crippen molar-refractivity contribution in [2.75, 3.05) is 11.9 Å². The van der Waals surface area contributed by atoms with Crippen LogP contribution in [0.15, 0.2) is 41.4 Å². The molecule has 0 radical (unpaired) electrons. The minimum absolute atomic E-state index is 0.0589. The number of nitro groups is 1. The van der Waals surface area contributed by atoms with Crippen LogP contribution in [0.4, 0.5) is 17.1 Å². The van der Waals surface area contributed by atoms with Crippen molar-refractivity contribution in [2.45, 2.75) is 13.8 Å². The van der Waals surface area contributed by atoms with Crippen LogP contribution in [0.3, 0.4) is 0 Å². The van der Waals surface area contributed by atoms with Crippen molar-refractivity contribution >= 4 is 29.2 Å². The Morgan fingerprint density at radius 1 is 1.32 bits per heavy atom. The van der Waals surface area contributed by atoms with Crippen molar-refractivity contribution in [1.82, 2.24) is 0 Å². The predicted molar refractivity (Wildman–Crippen MR) is 91.7 cm³/mol. The summed E-state index contributed by atoms with van der Waals surface area (Å²) in [6, 6.07) is 8.86. The van der Waals surface area contributed by atoms with Crippen LogP contribution in [0.2, 0.25) is 0 Å². The average molecular weight is 342 g/mol. The molecule has 0 aliphatic carbocycles. The highest BCUT2D eigenvalue weighted by Crippen LogP contribution is 2.32. The molecular formula is C17H16N3O5-. The number of carbonyl (C=O) groups excluding carboxylic acids is 1. The second-order valence-corrected chi connectivity index (χ2v) is 5.04. The number of benzene rings is 2. The number of nitrogens with zero attached hydrogens (tertiary/aromatic N) is 2. The molecule has 8 heteroatoms. The molecule has 0 atom stereocenters. The normalized spacial score (nSPS) is 10.6. The van der Waals surface area contributed by atoms with E-state index < -0.39 is 10.7 Å². The van der Waals surface area contributed by atoms with Gasteiger partial charge in [-0.15, -0.1) is 0 Å². The maximum Gasteiger partial charge on any atom is 0.273 e. The largest absolute Gasteiger partial charge is 0.870 e. The van der Waals surface area contributed by atoms with Crippen LogP contribution < -0.4 is 15.2 Å². The summed E-state index contributed by atoms with van der Waals surface area (Å²) in [5.74, 6) is -0.738. The smallest absolute Gasteiger partial charge is 0.273 e. The standard InChI is InChI=1S/C17H17N3O5/c1-3-25-16-9-15(20(23)24)8-12(17(16)22)10-18-13-4-6-14(7-5-13)19-11(2)21/h4-10,22H,3H2,1-2H3,(H,19,21)/p-1. The van der Waals surface area contributed by atoms with Crippen molar-refractivity contribution in [3.63, 3.8) is 0 Å². The molecular weight excluding hydrogens is 326 g/mol. The number of ether oxygens (including phenoxy) is 1. The third-order valence-corrected chi connectivity index (χ3v) is 3.12. The molecule has 2 rings (SSSR count). The van der Waals surface area contributed by atoms with Gasteiger partial charge >= 0.3 is 0 Å². The maximum absolute atomic E-state index is 12.2. The Hall–Kier alpha value is -3.42. The minimum atomic E-state index is -0.596. The number of aliphatic imine (C=N–C) groups is 1. The lowest BCUT2D eigenvalue weighted by Gasteiger charge is -2.16. The molecule has 2 aromatic carbocycles. The first-order chi connectivity index (χ1) is 11.9. The molecule has 0 aromatic heterocycles. The first-order valence-corrected chi connectivity index (χ1v) is 7.44. The third-order valence-electron chi connectivity index (χ3n) is 3.12. The van der Waals surface area contributed by atoms with Gasteiger partial charge in [-0.25, -0.2) is 0 Å². The summed E-state index contributed by atoms with van der Waals surface area (Å²) in [4.78, 5) is 25.5. The summed E-state index contributed by atoms with van der Waals surface area (Å²) in [5.41, 5.74) is 0.956. The molecule has 2 aromatic rings. The molecule has 25 heavy (non-hydrogen) atoms. The van der Waals surface area contributed by atoms with Gasteiger partial charge in [0.25, 0.3) is 5.69 Å². The Balaban J connectivity index is 2.30. The number of amides is 1. The van der Waals surface area contributed by atoms with Gasteiger partial charge in [0, 0.05) is 24.9 Å². The molecule has 0 spiro atoms. The summed E-state index contributed by atoms with van der Waals surface area (Å²) in [6.07, 6.45) is 1.26. The summed E-state index contributed by atoms with van der Waals surface area (Å²) < 4.78 is 5.15. The average Bonchev–Trinajstić information content (AvgIpc) is 2.56. The second kappa shape index (κ2) is 7.91. The number of non-ortho nitro benzene ring substituents is 1. The van der Waals surface area contributed by atoms with Gasteiger partial charge in [-0.2, -0.15) is 0 Å². The number of nitrogens with one attached hydrogen (secondary N) is 1. The van der Waals surface area contributed by atoms with Crippen LogP contribution >= 0.6 is 0 Å². The summed E-state index contributed by atoms with van der Waals surface area (Å²) in [6.45, 7) is 3.31. The zero-order valence-corrected chi connectivity index (χ0v) is 13.7. The van der Waals surface area contributed by atoms with E-state index in [1.807, 2.05) is 0 Å². The molecule has 0 aliphatic heterocycles. The SMILES string of the molecule is CCOc1cc([N+](=O)[O-])cc(C=Nc2ccc(NC(C)=O)cc2)c1[O-]. The van der Waals surface area contributed by atoms with Gasteiger partial charge in [-0.3, -0.25) is 19.9 Å². The fraction of sp³-hybridized carbons (Fsp3) is 0.176. The van der Waals surface area contributed by atoms with Gasteiger partial charge in [-0.1, -0.05) is 5.75 Å². The Morgan fingerprint density at radius 2 is 2.00 bits per heavy atom. The highest BCUT2D eigenvalue weighted by Gasteiger charge is 2.11. The first-order valence-electron chi connectivity index (χ1n) is 7.44. The zero-order chi connectivity index (χ0) is 18.4. The van der Waals surface area contributed by atoms with Crippen LogP contribution in [0.25, 0.3) is 0 Å². The topological polar surface area (TPSA) is 117 Å². The summed E-state index contributed by atoms with van der Waals surface area (Å²) >= 11 is 0. The zero-order valence-electron chi connectivity index (χ0n) is 13.7. The molecule has 0 unspecified atom stereocenters. The highest BCUT2D eigenvalue weighted by molar-refractivity contribution is 5.89. The number of carbonyl (C=O) groups is 1. The maximum atomic E-state index is 12.2. The van der Waals surface area contributed by atoms with Crippen molar-refractivity contribution < 1.29 is 19.6 Å². The molecule has 130 valence electrons. The van der Waals surface area contributed by atoms with Crippen LogP contribution in [0, 0.1) is 10.1 Å². The third kappa shape index (κ3) is 4.77. The van der Waals surface area contributed by atoms with E-state index in [2.05, 4.69) is 10.3 Å². The molecule has 0 saturated carbocycles. The Labute approximate surface area is 143 Å². The van der Waals surface area contributed by atoms with E-state index >= 15 is 0 Å². The highest BCUT2D eigenvalue weighted by atomic mass is 16.6. The molecule has 0 aliphatic rings. The van der Waals surface area contributed by atoms with E-state index in [0.717, 1.165) is 12.1 Å². The Morgan fingerprint density at radius 3 is 2.56 bits per heavy atom. The molecule has 0 fully saturated rings. The van der Waals surface area contributed by atoms with Gasteiger partial charge in [0.2, 0.25) is 5.91 Å². The summed E-state index contributed by atoms with van der Waals surface area (Å²) in [7, 11) is 0. The number of nitro benzene ring substituents is 1. The molecule has 0 saturated heterocycles. The monoisotopic (exact) mass is 342 g/mol. The fourth-order valence-corrected chi connectivity index (χ4v) is 2.05. The second-order valence-electron chi connectivity index (χ2n) is 5.04. The predicted octanol–water partition coefficient (Wildman–Crippen LogP) is 2.78. The molecule has 8 nitrogen and oxygen atoms in total. The Bertz CT molecular complexity index is 816. The van der Waals surface area contributed by atoms with Crippen molar-refractivity contribution in [3.05, 3.63) is 52.1 Å². The van der Waals surface area contributed by atoms with Gasteiger partial charge in [0.15, 0.2) is 0 Å². The lowest BCUT2D eigenvalue weighted by atomic mass is 10.1. The van der Waals surface area contributed by atoms with Crippen molar-refractivity contribution in [2.24, 2.45) is 4.99 Å². The first kappa shape index (κ1) is 17.9. The summed E-state index contributed by atoms with van der Waals surface area (Å²) in [5, 5.41) is 25.9. The van der Waals surface area contributed by atoms with E-state index in [-0.39, 0.29) is 29.5 Å².